The maximum atomic E-state index is 6.06. The lowest BCUT2D eigenvalue weighted by Crippen LogP contribution is -2.39. The number of rotatable bonds is 2. The van der Waals surface area contributed by atoms with Crippen molar-refractivity contribution in [3.63, 3.8) is 0 Å². The molecule has 1 aromatic heterocycles. The Kier molecular flexibility index (Phi) is 4.62. The number of piperidine rings is 1. The van der Waals surface area contributed by atoms with Crippen molar-refractivity contribution in [1.82, 2.24) is 9.97 Å². The molecule has 1 saturated heterocycles. The van der Waals surface area contributed by atoms with Gasteiger partial charge in [-0.05, 0) is 37.4 Å². The number of nitrogen functional groups attached to an aromatic ring is 1. The first-order valence-corrected chi connectivity index (χ1v) is 6.75. The minimum Gasteiger partial charge on any atom is -0.381 e. The molecular formula is C14H20ClN5. The fourth-order valence-electron chi connectivity index (χ4n) is 2.69. The molecule has 0 amide bonds. The number of fused-ring (bicyclic) bond motifs is 1. The van der Waals surface area contributed by atoms with Crippen LogP contribution in [0.15, 0.2) is 24.3 Å². The summed E-state index contributed by atoms with van der Waals surface area (Å²) in [7, 11) is 0. The van der Waals surface area contributed by atoms with Crippen LogP contribution in [0.3, 0.4) is 0 Å². The molecule has 3 rings (SSSR count). The molecule has 0 spiro atoms. The third-order valence-electron chi connectivity index (χ3n) is 3.73. The van der Waals surface area contributed by atoms with E-state index in [1.807, 2.05) is 24.3 Å². The highest BCUT2D eigenvalue weighted by Gasteiger charge is 2.22. The van der Waals surface area contributed by atoms with Crippen LogP contribution in [0.2, 0.25) is 0 Å². The summed E-state index contributed by atoms with van der Waals surface area (Å²) in [4.78, 5) is 11.3. The standard InChI is InChI=1S/C14H19N5.ClH/c15-8-10-4-3-7-19(9-10)14-13(16)17-11-5-1-2-6-12(11)18-14;/h1-2,5-6,10H,3-4,7-9,15H2,(H2,16,17);1H. The van der Waals surface area contributed by atoms with Gasteiger partial charge in [-0.15, -0.1) is 12.4 Å². The molecule has 0 radical (unpaired) electrons. The lowest BCUT2D eigenvalue weighted by atomic mass is 9.98. The van der Waals surface area contributed by atoms with E-state index in [9.17, 15) is 0 Å². The molecule has 1 unspecified atom stereocenters. The van der Waals surface area contributed by atoms with E-state index in [2.05, 4.69) is 14.9 Å². The molecule has 0 bridgehead atoms. The zero-order valence-electron chi connectivity index (χ0n) is 11.3. The summed E-state index contributed by atoms with van der Waals surface area (Å²) in [5, 5.41) is 0. The highest BCUT2D eigenvalue weighted by molar-refractivity contribution is 5.85. The van der Waals surface area contributed by atoms with Gasteiger partial charge in [0.15, 0.2) is 11.6 Å². The van der Waals surface area contributed by atoms with E-state index < -0.39 is 0 Å². The van der Waals surface area contributed by atoms with Crippen LogP contribution in [0.1, 0.15) is 12.8 Å². The van der Waals surface area contributed by atoms with Crippen molar-refractivity contribution < 1.29 is 0 Å². The Bertz CT molecular complexity index is 589. The predicted molar refractivity (Wildman–Crippen MR) is 85.2 cm³/mol. The third kappa shape index (κ3) is 2.78. The maximum absolute atomic E-state index is 6.06. The Balaban J connectivity index is 0.00000147. The van der Waals surface area contributed by atoms with Gasteiger partial charge < -0.3 is 16.4 Å². The Morgan fingerprint density at radius 2 is 1.90 bits per heavy atom. The first-order chi connectivity index (χ1) is 9.28. The Labute approximate surface area is 124 Å². The van der Waals surface area contributed by atoms with Gasteiger partial charge in [0.1, 0.15) is 0 Å². The summed E-state index contributed by atoms with van der Waals surface area (Å²) in [6, 6.07) is 7.81. The zero-order valence-corrected chi connectivity index (χ0v) is 12.1. The van der Waals surface area contributed by atoms with Crippen LogP contribution in [0.4, 0.5) is 11.6 Å². The number of para-hydroxylation sites is 2. The molecule has 0 aliphatic carbocycles. The summed E-state index contributed by atoms with van der Waals surface area (Å²) < 4.78 is 0. The fraction of sp³-hybridized carbons (Fsp3) is 0.429. The average Bonchev–Trinajstić information content (AvgIpc) is 2.46. The van der Waals surface area contributed by atoms with Crippen molar-refractivity contribution in [1.29, 1.82) is 0 Å². The molecule has 2 aromatic rings. The first kappa shape index (κ1) is 14.8. The van der Waals surface area contributed by atoms with E-state index in [0.29, 0.717) is 11.7 Å². The molecule has 0 saturated carbocycles. The van der Waals surface area contributed by atoms with E-state index in [4.69, 9.17) is 11.5 Å². The fourth-order valence-corrected chi connectivity index (χ4v) is 2.69. The summed E-state index contributed by atoms with van der Waals surface area (Å²) in [5.41, 5.74) is 13.6. The van der Waals surface area contributed by atoms with E-state index >= 15 is 0 Å². The number of halogens is 1. The second kappa shape index (κ2) is 6.24. The molecule has 20 heavy (non-hydrogen) atoms. The Morgan fingerprint density at radius 1 is 1.20 bits per heavy atom. The normalized spacial score (nSPS) is 18.9. The van der Waals surface area contributed by atoms with Crippen molar-refractivity contribution in [3.05, 3.63) is 24.3 Å². The van der Waals surface area contributed by atoms with Crippen molar-refractivity contribution in [3.8, 4) is 0 Å². The number of nitrogens with zero attached hydrogens (tertiary/aromatic N) is 3. The second-order valence-electron chi connectivity index (χ2n) is 5.11. The second-order valence-corrected chi connectivity index (χ2v) is 5.11. The lowest BCUT2D eigenvalue weighted by molar-refractivity contribution is 0.422. The van der Waals surface area contributed by atoms with Gasteiger partial charge in [-0.3, -0.25) is 0 Å². The van der Waals surface area contributed by atoms with Gasteiger partial charge in [-0.25, -0.2) is 9.97 Å². The molecule has 4 N–H and O–H groups in total. The molecule has 1 fully saturated rings. The molecule has 1 aliphatic heterocycles. The smallest absolute Gasteiger partial charge is 0.172 e. The number of benzene rings is 1. The number of hydrogen-bond donors (Lipinski definition) is 2. The zero-order chi connectivity index (χ0) is 13.2. The Morgan fingerprint density at radius 3 is 2.60 bits per heavy atom. The first-order valence-electron chi connectivity index (χ1n) is 6.75. The van der Waals surface area contributed by atoms with Gasteiger partial charge in [0.25, 0.3) is 0 Å². The number of hydrogen-bond acceptors (Lipinski definition) is 5. The topological polar surface area (TPSA) is 81.1 Å². The van der Waals surface area contributed by atoms with Crippen LogP contribution >= 0.6 is 12.4 Å². The van der Waals surface area contributed by atoms with E-state index in [0.717, 1.165) is 42.9 Å². The molecule has 2 heterocycles. The molecule has 5 nitrogen and oxygen atoms in total. The van der Waals surface area contributed by atoms with Gasteiger partial charge in [0.05, 0.1) is 11.0 Å². The number of nitrogens with two attached hydrogens (primary N) is 2. The highest BCUT2D eigenvalue weighted by atomic mass is 35.5. The number of anilines is 2. The van der Waals surface area contributed by atoms with Crippen molar-refractivity contribution in [2.24, 2.45) is 11.7 Å². The summed E-state index contributed by atoms with van der Waals surface area (Å²) in [5.74, 6) is 1.84. The summed E-state index contributed by atoms with van der Waals surface area (Å²) in [6.07, 6.45) is 2.32. The van der Waals surface area contributed by atoms with E-state index in [-0.39, 0.29) is 12.4 Å². The van der Waals surface area contributed by atoms with Crippen molar-refractivity contribution in [2.45, 2.75) is 12.8 Å². The number of aromatic nitrogens is 2. The third-order valence-corrected chi connectivity index (χ3v) is 3.73. The van der Waals surface area contributed by atoms with Gasteiger partial charge in [0, 0.05) is 13.1 Å². The minimum absolute atomic E-state index is 0. The average molecular weight is 294 g/mol. The van der Waals surface area contributed by atoms with Crippen LogP contribution in [0.5, 0.6) is 0 Å². The van der Waals surface area contributed by atoms with Gasteiger partial charge in [-0.1, -0.05) is 12.1 Å². The van der Waals surface area contributed by atoms with Crippen LogP contribution in [-0.2, 0) is 0 Å². The van der Waals surface area contributed by atoms with Crippen LogP contribution < -0.4 is 16.4 Å². The largest absolute Gasteiger partial charge is 0.381 e. The SMILES string of the molecule is Cl.NCC1CCCN(c2nc3ccccc3nc2N)C1. The van der Waals surface area contributed by atoms with Crippen molar-refractivity contribution >= 4 is 35.1 Å². The molecule has 6 heteroatoms. The molecular weight excluding hydrogens is 274 g/mol. The molecule has 1 atom stereocenters. The van der Waals surface area contributed by atoms with E-state index in [1.165, 1.54) is 6.42 Å². The van der Waals surface area contributed by atoms with Crippen LogP contribution in [0.25, 0.3) is 11.0 Å². The highest BCUT2D eigenvalue weighted by Crippen LogP contribution is 2.26. The lowest BCUT2D eigenvalue weighted by Gasteiger charge is -2.33. The molecule has 108 valence electrons. The summed E-state index contributed by atoms with van der Waals surface area (Å²) >= 11 is 0. The maximum Gasteiger partial charge on any atom is 0.172 e. The van der Waals surface area contributed by atoms with Crippen LogP contribution in [-0.4, -0.2) is 29.6 Å². The van der Waals surface area contributed by atoms with Crippen molar-refractivity contribution in [2.75, 3.05) is 30.3 Å². The van der Waals surface area contributed by atoms with Gasteiger partial charge in [-0.2, -0.15) is 0 Å². The van der Waals surface area contributed by atoms with E-state index in [1.54, 1.807) is 0 Å². The monoisotopic (exact) mass is 293 g/mol. The Hall–Kier alpha value is -1.59. The predicted octanol–water partition coefficient (Wildman–Crippen LogP) is 1.81. The molecule has 1 aliphatic rings. The molecule has 1 aromatic carbocycles. The minimum atomic E-state index is 0. The summed E-state index contributed by atoms with van der Waals surface area (Å²) in [6.45, 7) is 2.62. The van der Waals surface area contributed by atoms with Gasteiger partial charge in [0.2, 0.25) is 0 Å². The van der Waals surface area contributed by atoms with Crippen LogP contribution in [0, 0.1) is 5.92 Å². The quantitative estimate of drug-likeness (QED) is 0.882. The van der Waals surface area contributed by atoms with Gasteiger partial charge >= 0.3 is 0 Å².